The largest absolute Gasteiger partial charge is 0.508 e. The summed E-state index contributed by atoms with van der Waals surface area (Å²) in [6.45, 7) is -5.57. The molecule has 0 radical (unpaired) electrons. The molecule has 4 unspecified atom stereocenters. The Morgan fingerprint density at radius 2 is 1.00 bits per heavy atom. The summed E-state index contributed by atoms with van der Waals surface area (Å²) in [4.78, 5) is 77.5. The van der Waals surface area contributed by atoms with Crippen LogP contribution in [0.25, 0.3) is 0 Å². The highest BCUT2D eigenvalue weighted by Crippen LogP contribution is 2.24. The first-order valence-electron chi connectivity index (χ1n) is 15.8. The number of esters is 3. The van der Waals surface area contributed by atoms with E-state index in [-0.39, 0.29) is 20.1 Å². The van der Waals surface area contributed by atoms with Crippen molar-refractivity contribution >= 4 is 17.9 Å². The average Bonchev–Trinajstić information content (AvgIpc) is 3.13. The molecule has 2 aromatic carbocycles. The average molecular weight is 762 g/mol. The van der Waals surface area contributed by atoms with Crippen molar-refractivity contribution in [1.82, 2.24) is 13.7 Å². The molecule has 0 fully saturated rings. The molecule has 0 saturated carbocycles. The fraction of sp³-hybridized carbons (Fsp3) is 0.333. The number of nitrogens with zero attached hydrogens (tertiary/aromatic N) is 3. The molecule has 0 saturated heterocycles. The zero-order chi connectivity index (χ0) is 39.9. The standard InChI is InChI=1S/C33H35N3O18/c37-16-1-4-25(43)22(7-16)28(46)52-13-19(40)10-34-31(49)35(11-20(41)14-53-29(47)23-8-17(38)2-5-26(23)44)33(51)36(32(34)50)12-21(42)15-54-30(48)24-9-18(39)3-6-27(24)45/h1-2,4-9,18-21,37-45H,3,10-15H2. The number of aliphatic hydroxyl groups excluding tert-OH is 5. The van der Waals surface area contributed by atoms with Gasteiger partial charge in [0.1, 0.15) is 78.0 Å². The van der Waals surface area contributed by atoms with Gasteiger partial charge in [-0.1, -0.05) is 0 Å². The van der Waals surface area contributed by atoms with Crippen molar-refractivity contribution in [1.29, 1.82) is 0 Å². The second-order valence-corrected chi connectivity index (χ2v) is 11.8. The predicted octanol–water partition coefficient (Wildman–Crippen LogP) is -2.53. The van der Waals surface area contributed by atoms with Gasteiger partial charge < -0.3 is 60.2 Å². The third kappa shape index (κ3) is 9.92. The summed E-state index contributed by atoms with van der Waals surface area (Å²) in [5, 5.41) is 90.4. The van der Waals surface area contributed by atoms with Gasteiger partial charge in [0, 0.05) is 0 Å². The minimum absolute atomic E-state index is 0.0206. The number of aliphatic hydroxyl groups is 5. The maximum absolute atomic E-state index is 13.4. The van der Waals surface area contributed by atoms with Crippen LogP contribution in [0.1, 0.15) is 27.1 Å². The predicted molar refractivity (Wildman–Crippen MR) is 178 cm³/mol. The molecule has 0 amide bonds. The number of ether oxygens (including phenoxy) is 3. The SMILES string of the molecule is O=C(OCC(O)Cn1c(=O)n(CC(O)COC(=O)c2cc(O)ccc2O)c(=O)n(CC(O)COC(=O)c2cc(O)ccc2O)c1=O)C1=CC(O)CC=C1O. The number of carbonyl (C=O) groups is 3. The minimum atomic E-state index is -1.84. The van der Waals surface area contributed by atoms with E-state index in [0.717, 1.165) is 48.6 Å². The Bertz CT molecular complexity index is 2030. The number of hydrogen-bond acceptors (Lipinski definition) is 18. The third-order valence-electron chi connectivity index (χ3n) is 7.59. The van der Waals surface area contributed by atoms with E-state index in [1.807, 2.05) is 0 Å². The van der Waals surface area contributed by atoms with Crippen LogP contribution in [0.5, 0.6) is 23.0 Å². The van der Waals surface area contributed by atoms with Gasteiger partial charge in [-0.25, -0.2) is 42.5 Å². The molecule has 1 aliphatic rings. The molecule has 4 atom stereocenters. The van der Waals surface area contributed by atoms with Crippen molar-refractivity contribution < 1.29 is 74.6 Å². The van der Waals surface area contributed by atoms with E-state index < -0.39 is 144 Å². The molecule has 0 bridgehead atoms. The Kier molecular flexibility index (Phi) is 13.0. The highest BCUT2D eigenvalue weighted by molar-refractivity contribution is 5.94. The Hall–Kier alpha value is -6.42. The quantitative estimate of drug-likeness (QED) is 0.0438. The highest BCUT2D eigenvalue weighted by atomic mass is 16.6. The van der Waals surface area contributed by atoms with Crippen LogP contribution >= 0.6 is 0 Å². The summed E-state index contributed by atoms with van der Waals surface area (Å²) >= 11 is 0. The number of hydrogen-bond donors (Lipinski definition) is 9. The zero-order valence-electron chi connectivity index (χ0n) is 27.9. The number of aromatic nitrogens is 3. The van der Waals surface area contributed by atoms with Gasteiger partial charge in [0.15, 0.2) is 0 Å². The number of phenolic OH excluding ortho intramolecular Hbond substituents is 4. The van der Waals surface area contributed by atoms with E-state index >= 15 is 0 Å². The smallest absolute Gasteiger partial charge is 0.342 e. The van der Waals surface area contributed by atoms with Gasteiger partial charge in [-0.05, 0) is 55.0 Å². The normalized spacial score (nSPS) is 15.7. The van der Waals surface area contributed by atoms with Crippen molar-refractivity contribution in [3.05, 3.63) is 102 Å². The summed E-state index contributed by atoms with van der Waals surface area (Å²) in [6.07, 6.45) is -4.45. The Labute approximate surface area is 301 Å². The topological polar surface area (TPSA) is 327 Å². The molecule has 0 aliphatic heterocycles. The van der Waals surface area contributed by atoms with Gasteiger partial charge in [-0.2, -0.15) is 0 Å². The van der Waals surface area contributed by atoms with Gasteiger partial charge in [0.25, 0.3) is 0 Å². The van der Waals surface area contributed by atoms with Gasteiger partial charge in [0.2, 0.25) is 0 Å². The molecule has 21 nitrogen and oxygen atoms in total. The Balaban J connectivity index is 1.56. The van der Waals surface area contributed by atoms with Crippen LogP contribution in [0, 0.1) is 0 Å². The zero-order valence-corrected chi connectivity index (χ0v) is 27.9. The second kappa shape index (κ2) is 17.4. The van der Waals surface area contributed by atoms with E-state index in [2.05, 4.69) is 0 Å². The monoisotopic (exact) mass is 761 g/mol. The number of aromatic hydroxyl groups is 4. The van der Waals surface area contributed by atoms with Gasteiger partial charge in [-0.3, -0.25) is 0 Å². The van der Waals surface area contributed by atoms with E-state index in [9.17, 15) is 74.7 Å². The molecule has 54 heavy (non-hydrogen) atoms. The Morgan fingerprint density at radius 3 is 1.39 bits per heavy atom. The maximum Gasteiger partial charge on any atom is 0.342 e. The molecule has 1 aromatic heterocycles. The van der Waals surface area contributed by atoms with Crippen molar-refractivity contribution in [3.8, 4) is 23.0 Å². The minimum Gasteiger partial charge on any atom is -0.508 e. The molecule has 290 valence electrons. The molecule has 3 aromatic rings. The first kappa shape index (κ1) is 40.4. The van der Waals surface area contributed by atoms with Gasteiger partial charge >= 0.3 is 35.0 Å². The summed E-state index contributed by atoms with van der Waals surface area (Å²) in [6, 6.07) is 5.89. The summed E-state index contributed by atoms with van der Waals surface area (Å²) in [5.74, 6) is -6.06. The molecule has 1 aliphatic carbocycles. The number of carbonyl (C=O) groups excluding carboxylic acids is 3. The lowest BCUT2D eigenvalue weighted by Crippen LogP contribution is -2.57. The van der Waals surface area contributed by atoms with Crippen molar-refractivity contribution in [2.24, 2.45) is 0 Å². The lowest BCUT2D eigenvalue weighted by molar-refractivity contribution is -0.142. The van der Waals surface area contributed by atoms with E-state index in [4.69, 9.17) is 14.2 Å². The number of benzene rings is 2. The lowest BCUT2D eigenvalue weighted by atomic mass is 10.0. The van der Waals surface area contributed by atoms with Crippen molar-refractivity contribution in [2.75, 3.05) is 19.8 Å². The summed E-state index contributed by atoms with van der Waals surface area (Å²) in [7, 11) is 0. The highest BCUT2D eigenvalue weighted by Gasteiger charge is 2.26. The van der Waals surface area contributed by atoms with E-state index in [0.29, 0.717) is 0 Å². The van der Waals surface area contributed by atoms with Crippen LogP contribution in [0.15, 0.2) is 74.3 Å². The fourth-order valence-electron chi connectivity index (χ4n) is 4.93. The van der Waals surface area contributed by atoms with Crippen molar-refractivity contribution in [3.63, 3.8) is 0 Å². The molecule has 1 heterocycles. The molecule has 21 heteroatoms. The van der Waals surface area contributed by atoms with Crippen LogP contribution in [0.3, 0.4) is 0 Å². The van der Waals surface area contributed by atoms with Gasteiger partial charge in [0.05, 0.1) is 31.3 Å². The van der Waals surface area contributed by atoms with E-state index in [1.165, 1.54) is 0 Å². The molecule has 4 rings (SSSR count). The second-order valence-electron chi connectivity index (χ2n) is 11.8. The summed E-state index contributed by atoms with van der Waals surface area (Å²) in [5.41, 5.74) is -5.68. The number of phenols is 4. The molecule has 0 spiro atoms. The fourth-order valence-corrected chi connectivity index (χ4v) is 4.93. The summed E-state index contributed by atoms with van der Waals surface area (Å²) < 4.78 is 15.6. The lowest BCUT2D eigenvalue weighted by Gasteiger charge is -2.20. The first-order chi connectivity index (χ1) is 25.5. The van der Waals surface area contributed by atoms with Crippen LogP contribution in [-0.2, 0) is 38.6 Å². The maximum atomic E-state index is 13.4. The van der Waals surface area contributed by atoms with Crippen LogP contribution in [-0.4, -0.2) is 122 Å². The van der Waals surface area contributed by atoms with E-state index in [1.54, 1.807) is 0 Å². The first-order valence-corrected chi connectivity index (χ1v) is 15.8. The van der Waals surface area contributed by atoms with Crippen molar-refractivity contribution in [2.45, 2.75) is 50.5 Å². The molecular weight excluding hydrogens is 726 g/mol. The molecule has 9 N–H and O–H groups in total. The van der Waals surface area contributed by atoms with Crippen LogP contribution in [0.4, 0.5) is 0 Å². The van der Waals surface area contributed by atoms with Crippen LogP contribution < -0.4 is 17.1 Å². The van der Waals surface area contributed by atoms with Gasteiger partial charge in [-0.15, -0.1) is 0 Å². The van der Waals surface area contributed by atoms with Crippen LogP contribution in [0.2, 0.25) is 0 Å². The Morgan fingerprint density at radius 1 is 0.630 bits per heavy atom. The third-order valence-corrected chi connectivity index (χ3v) is 7.59. The number of rotatable bonds is 15. The molecular formula is C33H35N3O18.